The predicted octanol–water partition coefficient (Wildman–Crippen LogP) is 4.73. The van der Waals surface area contributed by atoms with E-state index in [0.29, 0.717) is 37.2 Å². The molecule has 1 N–H and O–H groups in total. The molecule has 0 radical (unpaired) electrons. The summed E-state index contributed by atoms with van der Waals surface area (Å²) in [6.07, 6.45) is 3.89. The van der Waals surface area contributed by atoms with Crippen molar-refractivity contribution >= 4 is 11.6 Å². The number of rotatable bonds is 9. The first-order chi connectivity index (χ1) is 14.2. The number of nitrogens with one attached hydrogen (secondary N) is 1. The lowest BCUT2D eigenvalue weighted by atomic mass is 10.0. The topological polar surface area (TPSA) is 50.8 Å². The Hall–Kier alpha value is -2.37. The van der Waals surface area contributed by atoms with Crippen molar-refractivity contribution in [3.63, 3.8) is 0 Å². The minimum atomic E-state index is -0.172. The Morgan fingerprint density at radius 2 is 1.90 bits per heavy atom. The number of piperidine rings is 1. The average Bonchev–Trinajstić information content (AvgIpc) is 2.74. The van der Waals surface area contributed by atoms with E-state index in [1.54, 1.807) is 6.07 Å². The number of hydrogen-bond donors (Lipinski definition) is 1. The van der Waals surface area contributed by atoms with Crippen LogP contribution >= 0.6 is 0 Å². The smallest absolute Gasteiger partial charge is 0.259 e. The molecular weight excluding hydrogens is 364 g/mol. The van der Waals surface area contributed by atoms with Crippen molar-refractivity contribution in [1.82, 2.24) is 4.90 Å². The maximum Gasteiger partial charge on any atom is 0.259 e. The monoisotopic (exact) mass is 396 g/mol. The van der Waals surface area contributed by atoms with Gasteiger partial charge in [0.1, 0.15) is 12.4 Å². The molecule has 3 rings (SSSR count). The van der Waals surface area contributed by atoms with Crippen molar-refractivity contribution in [2.24, 2.45) is 0 Å². The molecule has 5 heteroatoms. The zero-order valence-corrected chi connectivity index (χ0v) is 17.5. The fourth-order valence-electron chi connectivity index (χ4n) is 3.65. The van der Waals surface area contributed by atoms with Crippen LogP contribution < -0.4 is 10.1 Å². The highest BCUT2D eigenvalue weighted by Crippen LogP contribution is 2.22. The van der Waals surface area contributed by atoms with Gasteiger partial charge in [0.05, 0.1) is 12.2 Å². The lowest BCUT2D eigenvalue weighted by molar-refractivity contribution is 0.0998. The maximum atomic E-state index is 12.7. The van der Waals surface area contributed by atoms with Crippen LogP contribution in [0.1, 0.15) is 49.0 Å². The number of ether oxygens (including phenoxy) is 2. The van der Waals surface area contributed by atoms with Gasteiger partial charge >= 0.3 is 0 Å². The van der Waals surface area contributed by atoms with Crippen molar-refractivity contribution in [2.75, 3.05) is 31.7 Å². The largest absolute Gasteiger partial charge is 0.490 e. The summed E-state index contributed by atoms with van der Waals surface area (Å²) < 4.78 is 11.0. The third-order valence-electron chi connectivity index (χ3n) is 5.36. The molecule has 1 fully saturated rings. The van der Waals surface area contributed by atoms with Crippen LogP contribution in [0.25, 0.3) is 0 Å². The summed E-state index contributed by atoms with van der Waals surface area (Å²) in [5.74, 6) is 0.398. The Bertz CT molecular complexity index is 776. The van der Waals surface area contributed by atoms with E-state index in [1.807, 2.05) is 37.3 Å². The molecule has 1 aliphatic heterocycles. The van der Waals surface area contributed by atoms with Gasteiger partial charge in [-0.3, -0.25) is 9.69 Å². The molecule has 2 aromatic carbocycles. The summed E-state index contributed by atoms with van der Waals surface area (Å²) in [7, 11) is 0. The van der Waals surface area contributed by atoms with Crippen LogP contribution in [-0.4, -0.2) is 43.2 Å². The van der Waals surface area contributed by atoms with Crippen LogP contribution in [0.4, 0.5) is 5.69 Å². The number of amides is 1. The highest BCUT2D eigenvalue weighted by Gasteiger charge is 2.18. The van der Waals surface area contributed by atoms with Gasteiger partial charge in [-0.2, -0.15) is 0 Å². The molecular formula is C24H32N2O3. The number of hydrogen-bond acceptors (Lipinski definition) is 4. The van der Waals surface area contributed by atoms with Gasteiger partial charge in [0.2, 0.25) is 0 Å². The predicted molar refractivity (Wildman–Crippen MR) is 117 cm³/mol. The van der Waals surface area contributed by atoms with Crippen molar-refractivity contribution in [1.29, 1.82) is 0 Å². The van der Waals surface area contributed by atoms with E-state index in [1.165, 1.54) is 31.4 Å². The van der Waals surface area contributed by atoms with Gasteiger partial charge in [0, 0.05) is 24.9 Å². The Labute approximate surface area is 174 Å². The minimum absolute atomic E-state index is 0.172. The van der Waals surface area contributed by atoms with Crippen LogP contribution in [0, 0.1) is 0 Å². The molecule has 1 unspecified atom stereocenters. The van der Waals surface area contributed by atoms with Crippen LogP contribution in [0.15, 0.2) is 48.5 Å². The Balaban J connectivity index is 1.58. The zero-order valence-electron chi connectivity index (χ0n) is 17.5. The second-order valence-electron chi connectivity index (χ2n) is 7.51. The number of likely N-dealkylation sites (tertiary alicyclic amines) is 1. The summed E-state index contributed by atoms with van der Waals surface area (Å²) in [4.78, 5) is 15.3. The van der Waals surface area contributed by atoms with E-state index in [9.17, 15) is 4.79 Å². The SMILES string of the molecule is CCOCCOc1ccccc1C(=O)Nc1ccc(CN2CCCCC2C)cc1. The molecule has 0 bridgehead atoms. The summed E-state index contributed by atoms with van der Waals surface area (Å²) >= 11 is 0. The van der Waals surface area contributed by atoms with Gasteiger partial charge in [0.25, 0.3) is 5.91 Å². The van der Waals surface area contributed by atoms with Gasteiger partial charge < -0.3 is 14.8 Å². The Kier molecular flexibility index (Phi) is 8.08. The summed E-state index contributed by atoms with van der Waals surface area (Å²) in [6.45, 7) is 7.95. The van der Waals surface area contributed by atoms with Gasteiger partial charge in [-0.15, -0.1) is 0 Å². The van der Waals surface area contributed by atoms with E-state index in [0.717, 1.165) is 12.2 Å². The first kappa shape index (κ1) is 21.3. The molecule has 1 saturated heterocycles. The Morgan fingerprint density at radius 1 is 1.10 bits per heavy atom. The quantitative estimate of drug-likeness (QED) is 0.623. The first-order valence-electron chi connectivity index (χ1n) is 10.6. The van der Waals surface area contributed by atoms with Crippen LogP contribution in [0.2, 0.25) is 0 Å². The third-order valence-corrected chi connectivity index (χ3v) is 5.36. The van der Waals surface area contributed by atoms with Crippen LogP contribution in [-0.2, 0) is 11.3 Å². The normalized spacial score (nSPS) is 17.1. The number of carbonyl (C=O) groups is 1. The molecule has 1 heterocycles. The first-order valence-corrected chi connectivity index (χ1v) is 10.6. The van der Waals surface area contributed by atoms with E-state index in [4.69, 9.17) is 9.47 Å². The molecule has 0 saturated carbocycles. The van der Waals surface area contributed by atoms with Crippen molar-refractivity contribution in [3.8, 4) is 5.75 Å². The fourth-order valence-corrected chi connectivity index (χ4v) is 3.65. The van der Waals surface area contributed by atoms with Gasteiger partial charge in [0.15, 0.2) is 0 Å². The number of para-hydroxylation sites is 1. The molecule has 1 amide bonds. The standard InChI is InChI=1S/C24H32N2O3/c1-3-28-16-17-29-23-10-5-4-9-22(23)24(27)25-21-13-11-20(12-14-21)18-26-15-7-6-8-19(26)2/h4-5,9-14,19H,3,6-8,15-18H2,1-2H3,(H,25,27). The van der Waals surface area contributed by atoms with Crippen molar-refractivity contribution in [2.45, 2.75) is 45.7 Å². The lowest BCUT2D eigenvalue weighted by Gasteiger charge is -2.33. The Morgan fingerprint density at radius 3 is 2.66 bits per heavy atom. The lowest BCUT2D eigenvalue weighted by Crippen LogP contribution is -2.36. The maximum absolute atomic E-state index is 12.7. The summed E-state index contributed by atoms with van der Waals surface area (Å²) in [5, 5.41) is 2.98. The van der Waals surface area contributed by atoms with Gasteiger partial charge in [-0.05, 0) is 63.1 Å². The third kappa shape index (κ3) is 6.31. The van der Waals surface area contributed by atoms with E-state index in [2.05, 4.69) is 29.3 Å². The molecule has 0 spiro atoms. The number of nitrogens with zero attached hydrogens (tertiary/aromatic N) is 1. The van der Waals surface area contributed by atoms with Crippen molar-refractivity contribution < 1.29 is 14.3 Å². The van der Waals surface area contributed by atoms with Crippen molar-refractivity contribution in [3.05, 3.63) is 59.7 Å². The molecule has 156 valence electrons. The molecule has 1 aliphatic rings. The van der Waals surface area contributed by atoms with Gasteiger partial charge in [-0.25, -0.2) is 0 Å². The van der Waals surface area contributed by atoms with E-state index in [-0.39, 0.29) is 5.91 Å². The molecule has 0 aromatic heterocycles. The number of benzene rings is 2. The molecule has 1 atom stereocenters. The average molecular weight is 397 g/mol. The molecule has 29 heavy (non-hydrogen) atoms. The fraction of sp³-hybridized carbons (Fsp3) is 0.458. The van der Waals surface area contributed by atoms with E-state index < -0.39 is 0 Å². The highest BCUT2D eigenvalue weighted by molar-refractivity contribution is 6.06. The van der Waals surface area contributed by atoms with Gasteiger partial charge in [-0.1, -0.05) is 30.7 Å². The highest BCUT2D eigenvalue weighted by atomic mass is 16.5. The second kappa shape index (κ2) is 11.0. The summed E-state index contributed by atoms with van der Waals surface area (Å²) in [5.41, 5.74) is 2.58. The van der Waals surface area contributed by atoms with E-state index >= 15 is 0 Å². The molecule has 0 aliphatic carbocycles. The van der Waals surface area contributed by atoms with Crippen LogP contribution in [0.3, 0.4) is 0 Å². The minimum Gasteiger partial charge on any atom is -0.490 e. The number of carbonyl (C=O) groups excluding carboxylic acids is 1. The zero-order chi connectivity index (χ0) is 20.5. The molecule has 2 aromatic rings. The summed E-state index contributed by atoms with van der Waals surface area (Å²) in [6, 6.07) is 16.1. The van der Waals surface area contributed by atoms with Crippen LogP contribution in [0.5, 0.6) is 5.75 Å². The second-order valence-corrected chi connectivity index (χ2v) is 7.51. The molecule has 5 nitrogen and oxygen atoms in total. The number of anilines is 1.